The van der Waals surface area contributed by atoms with Crippen molar-refractivity contribution >= 4 is 5.97 Å². The zero-order valence-corrected chi connectivity index (χ0v) is 10.1. The van der Waals surface area contributed by atoms with Crippen LogP contribution in [0.3, 0.4) is 0 Å². The standard InChI is InChI=1S/C12H19N3O2/c1-2-6-13-12(11(16)17)5-4-10(9-12)15-8-3-7-14-15/h3,7-8,10,13H,2,4-6,9H2,1H3,(H,16,17). The van der Waals surface area contributed by atoms with Crippen molar-refractivity contribution in [3.63, 3.8) is 0 Å². The van der Waals surface area contributed by atoms with E-state index in [4.69, 9.17) is 0 Å². The highest BCUT2D eigenvalue weighted by Crippen LogP contribution is 2.37. The van der Waals surface area contributed by atoms with Gasteiger partial charge in [-0.1, -0.05) is 6.92 Å². The summed E-state index contributed by atoms with van der Waals surface area (Å²) in [4.78, 5) is 11.5. The molecule has 5 nitrogen and oxygen atoms in total. The molecule has 2 atom stereocenters. The van der Waals surface area contributed by atoms with E-state index >= 15 is 0 Å². The van der Waals surface area contributed by atoms with Gasteiger partial charge in [-0.15, -0.1) is 0 Å². The summed E-state index contributed by atoms with van der Waals surface area (Å²) in [7, 11) is 0. The van der Waals surface area contributed by atoms with Gasteiger partial charge >= 0.3 is 5.97 Å². The highest BCUT2D eigenvalue weighted by Gasteiger charge is 2.45. The predicted octanol–water partition coefficient (Wildman–Crippen LogP) is 1.43. The summed E-state index contributed by atoms with van der Waals surface area (Å²) in [6, 6.07) is 2.07. The molecule has 17 heavy (non-hydrogen) atoms. The van der Waals surface area contributed by atoms with Gasteiger partial charge in [-0.2, -0.15) is 5.10 Å². The number of carboxylic acids is 1. The van der Waals surface area contributed by atoms with E-state index in [9.17, 15) is 9.90 Å². The van der Waals surface area contributed by atoms with Gasteiger partial charge < -0.3 is 10.4 Å². The molecule has 2 unspecified atom stereocenters. The fourth-order valence-corrected chi connectivity index (χ4v) is 2.54. The average molecular weight is 237 g/mol. The first-order valence-corrected chi connectivity index (χ1v) is 6.15. The highest BCUT2D eigenvalue weighted by atomic mass is 16.4. The number of hydrogen-bond donors (Lipinski definition) is 2. The van der Waals surface area contributed by atoms with Gasteiger partial charge in [-0.3, -0.25) is 9.48 Å². The number of aromatic nitrogens is 2. The van der Waals surface area contributed by atoms with Crippen LogP contribution in [0.25, 0.3) is 0 Å². The number of nitrogens with one attached hydrogen (secondary N) is 1. The van der Waals surface area contributed by atoms with E-state index in [-0.39, 0.29) is 6.04 Å². The molecule has 0 aromatic carbocycles. The van der Waals surface area contributed by atoms with E-state index in [0.717, 1.165) is 19.4 Å². The second kappa shape index (κ2) is 4.87. The van der Waals surface area contributed by atoms with Crippen molar-refractivity contribution in [2.45, 2.75) is 44.2 Å². The molecule has 94 valence electrons. The number of carboxylic acid groups (broad SMARTS) is 1. The fourth-order valence-electron chi connectivity index (χ4n) is 2.54. The zero-order valence-electron chi connectivity index (χ0n) is 10.1. The van der Waals surface area contributed by atoms with Gasteiger partial charge in [-0.05, 0) is 38.3 Å². The van der Waals surface area contributed by atoms with E-state index in [2.05, 4.69) is 10.4 Å². The molecule has 2 rings (SSSR count). The van der Waals surface area contributed by atoms with Crippen molar-refractivity contribution in [1.29, 1.82) is 0 Å². The third kappa shape index (κ3) is 2.34. The molecule has 0 radical (unpaired) electrons. The molecule has 1 aliphatic rings. The maximum atomic E-state index is 11.5. The molecule has 0 bridgehead atoms. The molecule has 1 fully saturated rings. The monoisotopic (exact) mass is 237 g/mol. The van der Waals surface area contributed by atoms with E-state index in [0.29, 0.717) is 12.8 Å². The molecular formula is C12H19N3O2. The second-order valence-corrected chi connectivity index (χ2v) is 4.70. The largest absolute Gasteiger partial charge is 0.480 e. The van der Waals surface area contributed by atoms with Crippen molar-refractivity contribution in [3.8, 4) is 0 Å². The lowest BCUT2D eigenvalue weighted by Crippen LogP contribution is -2.50. The van der Waals surface area contributed by atoms with Gasteiger partial charge in [-0.25, -0.2) is 0 Å². The summed E-state index contributed by atoms with van der Waals surface area (Å²) < 4.78 is 1.87. The zero-order chi connectivity index (χ0) is 12.3. The van der Waals surface area contributed by atoms with Crippen LogP contribution in [-0.2, 0) is 4.79 Å². The molecule has 1 saturated carbocycles. The van der Waals surface area contributed by atoms with Gasteiger partial charge in [0.05, 0.1) is 6.04 Å². The van der Waals surface area contributed by atoms with Crippen LogP contribution >= 0.6 is 0 Å². The Morgan fingerprint density at radius 1 is 1.71 bits per heavy atom. The highest BCUT2D eigenvalue weighted by molar-refractivity contribution is 5.79. The molecular weight excluding hydrogens is 218 g/mol. The molecule has 1 aliphatic carbocycles. The van der Waals surface area contributed by atoms with Crippen LogP contribution in [0.15, 0.2) is 18.5 Å². The fraction of sp³-hybridized carbons (Fsp3) is 0.667. The average Bonchev–Trinajstić information content (AvgIpc) is 2.96. The molecule has 1 aromatic rings. The molecule has 5 heteroatoms. The molecule has 0 saturated heterocycles. The Morgan fingerprint density at radius 2 is 2.53 bits per heavy atom. The van der Waals surface area contributed by atoms with E-state index < -0.39 is 11.5 Å². The Hall–Kier alpha value is -1.36. The van der Waals surface area contributed by atoms with E-state index in [1.54, 1.807) is 6.20 Å². The van der Waals surface area contributed by atoms with Gasteiger partial charge in [0, 0.05) is 12.4 Å². The first-order valence-electron chi connectivity index (χ1n) is 6.15. The summed E-state index contributed by atoms with van der Waals surface area (Å²) in [6.07, 6.45) is 6.74. The third-order valence-corrected chi connectivity index (χ3v) is 3.51. The van der Waals surface area contributed by atoms with Gasteiger partial charge in [0.25, 0.3) is 0 Å². The maximum absolute atomic E-state index is 11.5. The number of rotatable bonds is 5. The summed E-state index contributed by atoms with van der Waals surface area (Å²) in [5, 5.41) is 16.8. The number of carbonyl (C=O) groups is 1. The summed E-state index contributed by atoms with van der Waals surface area (Å²) >= 11 is 0. The normalized spacial score (nSPS) is 28.4. The third-order valence-electron chi connectivity index (χ3n) is 3.51. The predicted molar refractivity (Wildman–Crippen MR) is 63.8 cm³/mol. The quantitative estimate of drug-likeness (QED) is 0.813. The Kier molecular flexibility index (Phi) is 3.47. The van der Waals surface area contributed by atoms with Crippen LogP contribution in [0.4, 0.5) is 0 Å². The van der Waals surface area contributed by atoms with Gasteiger partial charge in [0.2, 0.25) is 0 Å². The lowest BCUT2D eigenvalue weighted by molar-refractivity contribution is -0.144. The van der Waals surface area contributed by atoms with Crippen LogP contribution in [-0.4, -0.2) is 32.9 Å². The van der Waals surface area contributed by atoms with Crippen LogP contribution in [0.5, 0.6) is 0 Å². The molecule has 0 amide bonds. The summed E-state index contributed by atoms with van der Waals surface area (Å²) in [6.45, 7) is 2.79. The molecule has 1 aromatic heterocycles. The lowest BCUT2D eigenvalue weighted by atomic mass is 9.97. The van der Waals surface area contributed by atoms with E-state index in [1.165, 1.54) is 0 Å². The Bertz CT molecular complexity index is 377. The summed E-state index contributed by atoms with van der Waals surface area (Å²) in [5.41, 5.74) is -0.757. The van der Waals surface area contributed by atoms with Crippen LogP contribution in [0, 0.1) is 0 Å². The minimum Gasteiger partial charge on any atom is -0.480 e. The Labute approximate surface area is 101 Å². The SMILES string of the molecule is CCCNC1(C(=O)O)CCC(n2cccn2)C1. The molecule has 1 heterocycles. The maximum Gasteiger partial charge on any atom is 0.323 e. The van der Waals surface area contributed by atoms with Crippen molar-refractivity contribution in [2.75, 3.05) is 6.54 Å². The minimum absolute atomic E-state index is 0.199. The topological polar surface area (TPSA) is 67.2 Å². The van der Waals surface area contributed by atoms with Crippen LogP contribution < -0.4 is 5.32 Å². The molecule has 2 N–H and O–H groups in total. The first-order chi connectivity index (χ1) is 8.18. The van der Waals surface area contributed by atoms with Crippen molar-refractivity contribution in [2.24, 2.45) is 0 Å². The lowest BCUT2D eigenvalue weighted by Gasteiger charge is -2.25. The van der Waals surface area contributed by atoms with Gasteiger partial charge in [0.1, 0.15) is 5.54 Å². The smallest absolute Gasteiger partial charge is 0.323 e. The number of nitrogens with zero attached hydrogens (tertiary/aromatic N) is 2. The molecule has 0 aliphatic heterocycles. The molecule has 0 spiro atoms. The Morgan fingerprint density at radius 3 is 3.12 bits per heavy atom. The van der Waals surface area contributed by atoms with Crippen molar-refractivity contribution < 1.29 is 9.90 Å². The van der Waals surface area contributed by atoms with Gasteiger partial charge in [0.15, 0.2) is 0 Å². The van der Waals surface area contributed by atoms with Crippen LogP contribution in [0.1, 0.15) is 38.6 Å². The second-order valence-electron chi connectivity index (χ2n) is 4.70. The Balaban J connectivity index is 2.08. The van der Waals surface area contributed by atoms with Crippen molar-refractivity contribution in [3.05, 3.63) is 18.5 Å². The van der Waals surface area contributed by atoms with Crippen molar-refractivity contribution in [1.82, 2.24) is 15.1 Å². The summed E-state index contributed by atoms with van der Waals surface area (Å²) in [5.74, 6) is -0.736. The van der Waals surface area contributed by atoms with E-state index in [1.807, 2.05) is 23.9 Å². The van der Waals surface area contributed by atoms with Crippen LogP contribution in [0.2, 0.25) is 0 Å². The minimum atomic E-state index is -0.757. The number of aliphatic carboxylic acids is 1. The first kappa shape index (κ1) is 12.1. The number of hydrogen-bond acceptors (Lipinski definition) is 3.